The largest absolute Gasteiger partial charge is 0.475 e. The van der Waals surface area contributed by atoms with Crippen LogP contribution in [0, 0.1) is 0 Å². The van der Waals surface area contributed by atoms with Crippen LogP contribution in [-0.2, 0) is 9.47 Å². The van der Waals surface area contributed by atoms with E-state index in [1.165, 1.54) is 10.8 Å². The van der Waals surface area contributed by atoms with Crippen LogP contribution in [0.3, 0.4) is 0 Å². The predicted octanol–water partition coefficient (Wildman–Crippen LogP) is 5.62. The summed E-state index contributed by atoms with van der Waals surface area (Å²) in [4.78, 5) is 9.53. The molecule has 0 N–H and O–H groups in total. The van der Waals surface area contributed by atoms with Crippen LogP contribution in [-0.4, -0.2) is 36.1 Å². The maximum absolute atomic E-state index is 6.00. The number of fused-ring (bicyclic) bond motifs is 1. The molecule has 4 nitrogen and oxygen atoms in total. The summed E-state index contributed by atoms with van der Waals surface area (Å²) in [5.41, 5.74) is 3.93. The van der Waals surface area contributed by atoms with Crippen LogP contribution in [0.15, 0.2) is 70.6 Å². The Morgan fingerprint density at radius 2 is 1.27 bits per heavy atom. The molecule has 0 unspecified atom stereocenters. The standard InChI is InChI=1S/C26H26N2O2/c1-25(2)15-29-23(27-25)19-11-9-18(10-12-19)22-20-8-6-5-7-17(20)13-14-21(22)24-28-26(3,4)16-30-24/h5-14H,15-16H2,1-4H3. The second-order valence-electron chi connectivity index (χ2n) is 9.32. The molecule has 0 atom stereocenters. The smallest absolute Gasteiger partial charge is 0.217 e. The Morgan fingerprint density at radius 3 is 1.90 bits per heavy atom. The molecule has 0 aliphatic carbocycles. The summed E-state index contributed by atoms with van der Waals surface area (Å²) in [5, 5.41) is 2.39. The van der Waals surface area contributed by atoms with E-state index in [1.807, 2.05) is 0 Å². The van der Waals surface area contributed by atoms with Gasteiger partial charge in [0.15, 0.2) is 0 Å². The minimum Gasteiger partial charge on any atom is -0.475 e. The maximum atomic E-state index is 6.00. The van der Waals surface area contributed by atoms with Gasteiger partial charge in [0.2, 0.25) is 11.8 Å². The van der Waals surface area contributed by atoms with Crippen LogP contribution < -0.4 is 0 Å². The van der Waals surface area contributed by atoms with Crippen molar-refractivity contribution >= 4 is 22.6 Å². The van der Waals surface area contributed by atoms with Crippen molar-refractivity contribution in [3.63, 3.8) is 0 Å². The third-order valence-electron chi connectivity index (χ3n) is 5.51. The Morgan fingerprint density at radius 1 is 0.667 bits per heavy atom. The van der Waals surface area contributed by atoms with E-state index in [9.17, 15) is 0 Å². The van der Waals surface area contributed by atoms with Crippen molar-refractivity contribution in [2.75, 3.05) is 13.2 Å². The molecule has 0 saturated heterocycles. The second kappa shape index (κ2) is 6.69. The van der Waals surface area contributed by atoms with E-state index in [4.69, 9.17) is 19.5 Å². The van der Waals surface area contributed by atoms with E-state index in [1.54, 1.807) is 0 Å². The molecule has 3 aromatic carbocycles. The summed E-state index contributed by atoms with van der Waals surface area (Å²) in [7, 11) is 0. The van der Waals surface area contributed by atoms with E-state index in [2.05, 4.69) is 88.4 Å². The second-order valence-corrected chi connectivity index (χ2v) is 9.32. The summed E-state index contributed by atoms with van der Waals surface area (Å²) < 4.78 is 11.8. The van der Waals surface area contributed by atoms with Crippen molar-refractivity contribution < 1.29 is 9.47 Å². The molecule has 2 heterocycles. The van der Waals surface area contributed by atoms with Crippen molar-refractivity contribution in [1.29, 1.82) is 0 Å². The van der Waals surface area contributed by atoms with Gasteiger partial charge in [-0.2, -0.15) is 0 Å². The van der Waals surface area contributed by atoms with E-state index in [0.717, 1.165) is 34.0 Å². The molecule has 3 aromatic rings. The van der Waals surface area contributed by atoms with E-state index < -0.39 is 0 Å². The fourth-order valence-electron chi connectivity index (χ4n) is 3.99. The van der Waals surface area contributed by atoms with Crippen LogP contribution >= 0.6 is 0 Å². The summed E-state index contributed by atoms with van der Waals surface area (Å²) in [6.45, 7) is 9.57. The minimum atomic E-state index is -0.202. The maximum Gasteiger partial charge on any atom is 0.217 e. The van der Waals surface area contributed by atoms with Crippen molar-refractivity contribution in [3.05, 3.63) is 71.8 Å². The molecule has 0 bridgehead atoms. The fraction of sp³-hybridized carbons (Fsp3) is 0.308. The molecule has 2 aliphatic rings. The highest BCUT2D eigenvalue weighted by Gasteiger charge is 2.29. The molecule has 2 aliphatic heterocycles. The Labute approximate surface area is 177 Å². The van der Waals surface area contributed by atoms with E-state index >= 15 is 0 Å². The molecule has 152 valence electrons. The van der Waals surface area contributed by atoms with E-state index in [0.29, 0.717) is 13.2 Å². The number of rotatable bonds is 3. The lowest BCUT2D eigenvalue weighted by molar-refractivity contribution is 0.279. The van der Waals surface area contributed by atoms with Crippen LogP contribution in [0.2, 0.25) is 0 Å². The molecule has 5 rings (SSSR count). The molecular formula is C26H26N2O2. The third kappa shape index (κ3) is 3.36. The lowest BCUT2D eigenvalue weighted by Crippen LogP contribution is -2.17. The average Bonchev–Trinajstić information content (AvgIpc) is 3.28. The van der Waals surface area contributed by atoms with Crippen molar-refractivity contribution in [2.45, 2.75) is 38.8 Å². The van der Waals surface area contributed by atoms with Crippen LogP contribution in [0.1, 0.15) is 38.8 Å². The van der Waals surface area contributed by atoms with Gasteiger partial charge in [-0.15, -0.1) is 0 Å². The number of benzene rings is 3. The Balaban J connectivity index is 1.64. The lowest BCUT2D eigenvalue weighted by atomic mass is 9.92. The fourth-order valence-corrected chi connectivity index (χ4v) is 3.99. The SMILES string of the molecule is CC1(C)COC(c2ccc(-c3c(C4=NC(C)(C)CO4)ccc4ccccc34)cc2)=N1. The predicted molar refractivity (Wildman–Crippen MR) is 123 cm³/mol. The molecule has 30 heavy (non-hydrogen) atoms. The van der Waals surface area contributed by atoms with Gasteiger partial charge in [-0.1, -0.05) is 42.5 Å². The zero-order valence-electron chi connectivity index (χ0n) is 17.9. The van der Waals surface area contributed by atoms with Crippen molar-refractivity contribution in [3.8, 4) is 11.1 Å². The number of hydrogen-bond donors (Lipinski definition) is 0. The Bertz CT molecular complexity index is 1190. The normalized spacial score (nSPS) is 19.2. The van der Waals surface area contributed by atoms with Gasteiger partial charge in [0.05, 0.1) is 11.1 Å². The quantitative estimate of drug-likeness (QED) is 0.575. The first-order valence-corrected chi connectivity index (χ1v) is 10.4. The highest BCUT2D eigenvalue weighted by Crippen LogP contribution is 2.35. The molecule has 0 aromatic heterocycles. The molecule has 0 radical (unpaired) electrons. The first kappa shape index (κ1) is 18.9. The highest BCUT2D eigenvalue weighted by atomic mass is 16.5. The summed E-state index contributed by atoms with van der Waals surface area (Å²) in [6.07, 6.45) is 0. The van der Waals surface area contributed by atoms with Crippen LogP contribution in [0.5, 0.6) is 0 Å². The summed E-state index contributed by atoms with van der Waals surface area (Å²) in [6, 6.07) is 21.2. The molecular weight excluding hydrogens is 372 g/mol. The molecule has 0 spiro atoms. The van der Waals surface area contributed by atoms with Gasteiger partial charge in [-0.3, -0.25) is 0 Å². The average molecular weight is 399 g/mol. The van der Waals surface area contributed by atoms with E-state index in [-0.39, 0.29) is 11.1 Å². The van der Waals surface area contributed by atoms with Gasteiger partial charge in [0, 0.05) is 16.7 Å². The number of aliphatic imine (C=N–C) groups is 2. The number of ether oxygens (including phenoxy) is 2. The monoisotopic (exact) mass is 398 g/mol. The van der Waals surface area contributed by atoms with Crippen LogP contribution in [0.4, 0.5) is 0 Å². The number of hydrogen-bond acceptors (Lipinski definition) is 4. The summed E-state index contributed by atoms with van der Waals surface area (Å²) >= 11 is 0. The molecule has 0 fully saturated rings. The first-order chi connectivity index (χ1) is 14.3. The Kier molecular flexibility index (Phi) is 4.21. The first-order valence-electron chi connectivity index (χ1n) is 10.4. The van der Waals surface area contributed by atoms with Gasteiger partial charge in [-0.25, -0.2) is 9.98 Å². The van der Waals surface area contributed by atoms with Gasteiger partial charge in [0.1, 0.15) is 13.2 Å². The van der Waals surface area contributed by atoms with Gasteiger partial charge >= 0.3 is 0 Å². The Hall–Kier alpha value is -3.14. The minimum absolute atomic E-state index is 0.165. The molecule has 0 saturated carbocycles. The molecule has 0 amide bonds. The van der Waals surface area contributed by atoms with Crippen LogP contribution in [0.25, 0.3) is 21.9 Å². The molecule has 4 heteroatoms. The van der Waals surface area contributed by atoms with Gasteiger partial charge in [0.25, 0.3) is 0 Å². The summed E-state index contributed by atoms with van der Waals surface area (Å²) in [5.74, 6) is 1.44. The third-order valence-corrected chi connectivity index (χ3v) is 5.51. The number of nitrogens with zero attached hydrogens (tertiary/aromatic N) is 2. The van der Waals surface area contributed by atoms with Gasteiger partial charge in [-0.05, 0) is 62.2 Å². The highest BCUT2D eigenvalue weighted by molar-refractivity contribution is 6.10. The van der Waals surface area contributed by atoms with Gasteiger partial charge < -0.3 is 9.47 Å². The lowest BCUT2D eigenvalue weighted by Gasteiger charge is -2.14. The topological polar surface area (TPSA) is 43.2 Å². The van der Waals surface area contributed by atoms with Crippen molar-refractivity contribution in [2.24, 2.45) is 9.98 Å². The van der Waals surface area contributed by atoms with Crippen molar-refractivity contribution in [1.82, 2.24) is 0 Å². The zero-order chi connectivity index (χ0) is 20.9. The zero-order valence-corrected chi connectivity index (χ0v) is 17.9.